The summed E-state index contributed by atoms with van der Waals surface area (Å²) in [5.74, 6) is -0.186. The average Bonchev–Trinajstić information content (AvgIpc) is 2.91. The van der Waals surface area contributed by atoms with Gasteiger partial charge in [0.05, 0.1) is 17.3 Å². The first-order chi connectivity index (χ1) is 11.8. The number of carbonyl (C=O) groups is 1. The molecule has 6 nitrogen and oxygen atoms in total. The van der Waals surface area contributed by atoms with Gasteiger partial charge in [-0.1, -0.05) is 11.6 Å². The fraction of sp³-hybridized carbons (Fsp3) is 0.316. The number of carbonyl (C=O) groups excluding carboxylic acids is 1. The molecule has 3 rings (SSSR count). The van der Waals surface area contributed by atoms with Crippen LogP contribution in [0, 0.1) is 20.8 Å². The first-order valence-corrected chi connectivity index (χ1v) is 8.22. The van der Waals surface area contributed by atoms with Gasteiger partial charge in [0.1, 0.15) is 0 Å². The molecule has 0 bridgehead atoms. The standard InChI is InChI=1S/C19H22N4O2/c1-10-6-7-16-14(8-10)15(9-17(24)20-16)19(25)23(5)13(4)18-11(2)21-22-12(18)3/h6-9,13H,1-5H3,(H,20,24)(H,21,22)/t13-/m1/s1. The van der Waals surface area contributed by atoms with Gasteiger partial charge in [0.25, 0.3) is 5.91 Å². The SMILES string of the molecule is Cc1ccc2[nH]c(=O)cc(C(=O)N(C)[C@H](C)c3c(C)n[nH]c3C)c2c1. The van der Waals surface area contributed by atoms with E-state index in [4.69, 9.17) is 0 Å². The molecule has 2 heterocycles. The maximum Gasteiger partial charge on any atom is 0.254 e. The smallest absolute Gasteiger partial charge is 0.254 e. The van der Waals surface area contributed by atoms with E-state index in [1.165, 1.54) is 6.07 Å². The highest BCUT2D eigenvalue weighted by Crippen LogP contribution is 2.27. The summed E-state index contributed by atoms with van der Waals surface area (Å²) in [6, 6.07) is 6.88. The van der Waals surface area contributed by atoms with E-state index in [2.05, 4.69) is 15.2 Å². The van der Waals surface area contributed by atoms with Crippen molar-refractivity contribution in [3.8, 4) is 0 Å². The summed E-state index contributed by atoms with van der Waals surface area (Å²) >= 11 is 0. The van der Waals surface area contributed by atoms with Crippen molar-refractivity contribution in [3.05, 3.63) is 62.7 Å². The molecule has 0 aliphatic carbocycles. The highest BCUT2D eigenvalue weighted by molar-refractivity contribution is 6.06. The predicted octanol–water partition coefficient (Wildman–Crippen LogP) is 3.01. The van der Waals surface area contributed by atoms with E-state index in [9.17, 15) is 9.59 Å². The Morgan fingerprint density at radius 1 is 1.20 bits per heavy atom. The number of H-pyrrole nitrogens is 2. The van der Waals surface area contributed by atoms with Crippen molar-refractivity contribution in [2.24, 2.45) is 0 Å². The Morgan fingerprint density at radius 2 is 1.92 bits per heavy atom. The molecule has 0 radical (unpaired) electrons. The molecule has 0 fully saturated rings. The summed E-state index contributed by atoms with van der Waals surface area (Å²) in [7, 11) is 1.75. The van der Waals surface area contributed by atoms with E-state index in [1.807, 2.05) is 45.9 Å². The lowest BCUT2D eigenvalue weighted by atomic mass is 10.0. The fourth-order valence-electron chi connectivity index (χ4n) is 3.28. The Bertz CT molecular complexity index is 996. The van der Waals surface area contributed by atoms with Crippen LogP contribution in [-0.2, 0) is 0 Å². The molecule has 0 unspecified atom stereocenters. The Labute approximate surface area is 145 Å². The number of aromatic amines is 2. The number of aryl methyl sites for hydroxylation is 3. The number of rotatable bonds is 3. The second kappa shape index (κ2) is 6.20. The van der Waals surface area contributed by atoms with Crippen LogP contribution in [0.15, 0.2) is 29.1 Å². The van der Waals surface area contributed by atoms with Crippen molar-refractivity contribution in [2.45, 2.75) is 33.7 Å². The average molecular weight is 338 g/mol. The minimum Gasteiger partial charge on any atom is -0.335 e. The van der Waals surface area contributed by atoms with Gasteiger partial charge >= 0.3 is 0 Å². The molecule has 0 aliphatic rings. The number of pyridine rings is 1. The van der Waals surface area contributed by atoms with Gasteiger partial charge in [0, 0.05) is 35.3 Å². The van der Waals surface area contributed by atoms with Crippen molar-refractivity contribution in [1.82, 2.24) is 20.1 Å². The van der Waals surface area contributed by atoms with Gasteiger partial charge in [0.2, 0.25) is 5.56 Å². The summed E-state index contributed by atoms with van der Waals surface area (Å²) in [5, 5.41) is 7.92. The summed E-state index contributed by atoms with van der Waals surface area (Å²) in [4.78, 5) is 29.5. The van der Waals surface area contributed by atoms with Crippen LogP contribution < -0.4 is 5.56 Å². The van der Waals surface area contributed by atoms with Crippen LogP contribution in [0.25, 0.3) is 10.9 Å². The van der Waals surface area contributed by atoms with Crippen LogP contribution >= 0.6 is 0 Å². The van der Waals surface area contributed by atoms with Crippen LogP contribution in [0.3, 0.4) is 0 Å². The van der Waals surface area contributed by atoms with Crippen molar-refractivity contribution in [3.63, 3.8) is 0 Å². The number of nitrogens with one attached hydrogen (secondary N) is 2. The van der Waals surface area contributed by atoms with Crippen LogP contribution in [0.5, 0.6) is 0 Å². The number of hydrogen-bond acceptors (Lipinski definition) is 3. The monoisotopic (exact) mass is 338 g/mol. The quantitative estimate of drug-likeness (QED) is 0.770. The van der Waals surface area contributed by atoms with E-state index in [1.54, 1.807) is 11.9 Å². The normalized spacial score (nSPS) is 12.4. The van der Waals surface area contributed by atoms with Gasteiger partial charge in [0.15, 0.2) is 0 Å². The lowest BCUT2D eigenvalue weighted by molar-refractivity contribution is 0.0744. The third-order valence-electron chi connectivity index (χ3n) is 4.73. The Balaban J connectivity index is 2.07. The van der Waals surface area contributed by atoms with Crippen molar-refractivity contribution in [1.29, 1.82) is 0 Å². The van der Waals surface area contributed by atoms with Gasteiger partial charge in [-0.15, -0.1) is 0 Å². The summed E-state index contributed by atoms with van der Waals surface area (Å²) in [6.45, 7) is 7.78. The maximum atomic E-state index is 13.1. The molecule has 0 saturated heterocycles. The third-order valence-corrected chi connectivity index (χ3v) is 4.73. The van der Waals surface area contributed by atoms with Crippen molar-refractivity contribution in [2.75, 3.05) is 7.05 Å². The van der Waals surface area contributed by atoms with E-state index in [-0.39, 0.29) is 17.5 Å². The van der Waals surface area contributed by atoms with E-state index in [0.29, 0.717) is 11.1 Å². The first kappa shape index (κ1) is 17.0. The number of nitrogens with zero attached hydrogens (tertiary/aromatic N) is 2. The number of hydrogen-bond donors (Lipinski definition) is 2. The van der Waals surface area contributed by atoms with Gasteiger partial charge in [-0.25, -0.2) is 0 Å². The number of benzene rings is 1. The van der Waals surface area contributed by atoms with Crippen LogP contribution in [0.1, 0.15) is 45.8 Å². The molecule has 1 amide bonds. The molecule has 6 heteroatoms. The highest BCUT2D eigenvalue weighted by atomic mass is 16.2. The zero-order valence-corrected chi connectivity index (χ0v) is 15.1. The van der Waals surface area contributed by atoms with E-state index in [0.717, 1.165) is 27.9 Å². The molecule has 0 aliphatic heterocycles. The van der Waals surface area contributed by atoms with Crippen molar-refractivity contribution < 1.29 is 4.79 Å². The molecule has 3 aromatic rings. The predicted molar refractivity (Wildman–Crippen MR) is 97.9 cm³/mol. The zero-order chi connectivity index (χ0) is 18.3. The first-order valence-electron chi connectivity index (χ1n) is 8.22. The fourth-order valence-corrected chi connectivity index (χ4v) is 3.28. The summed E-state index contributed by atoms with van der Waals surface area (Å²) < 4.78 is 0. The highest BCUT2D eigenvalue weighted by Gasteiger charge is 2.24. The van der Waals surface area contributed by atoms with Gasteiger partial charge in [-0.05, 0) is 39.8 Å². The maximum absolute atomic E-state index is 13.1. The van der Waals surface area contributed by atoms with E-state index >= 15 is 0 Å². The third kappa shape index (κ3) is 2.95. The Kier molecular flexibility index (Phi) is 4.20. The lowest BCUT2D eigenvalue weighted by Gasteiger charge is -2.26. The van der Waals surface area contributed by atoms with Gasteiger partial charge in [-0.3, -0.25) is 14.7 Å². The number of aromatic nitrogens is 3. The molecule has 130 valence electrons. The van der Waals surface area contributed by atoms with Crippen LogP contribution in [0.2, 0.25) is 0 Å². The van der Waals surface area contributed by atoms with Crippen LogP contribution in [0.4, 0.5) is 0 Å². The molecule has 2 N–H and O–H groups in total. The Hall–Kier alpha value is -2.89. The van der Waals surface area contributed by atoms with Crippen LogP contribution in [-0.4, -0.2) is 33.0 Å². The second-order valence-electron chi connectivity index (χ2n) is 6.54. The summed E-state index contributed by atoms with van der Waals surface area (Å²) in [5.41, 5.74) is 4.64. The lowest BCUT2D eigenvalue weighted by Crippen LogP contribution is -2.31. The molecule has 0 saturated carbocycles. The summed E-state index contributed by atoms with van der Waals surface area (Å²) in [6.07, 6.45) is 0. The number of amides is 1. The van der Waals surface area contributed by atoms with Gasteiger partial charge in [-0.2, -0.15) is 5.10 Å². The minimum atomic E-state index is -0.281. The molecule has 2 aromatic heterocycles. The largest absolute Gasteiger partial charge is 0.335 e. The molecule has 1 atom stereocenters. The molecule has 25 heavy (non-hydrogen) atoms. The van der Waals surface area contributed by atoms with Gasteiger partial charge < -0.3 is 9.88 Å². The number of fused-ring (bicyclic) bond motifs is 1. The second-order valence-corrected chi connectivity index (χ2v) is 6.54. The van der Waals surface area contributed by atoms with E-state index < -0.39 is 0 Å². The topological polar surface area (TPSA) is 81.8 Å². The Morgan fingerprint density at radius 3 is 2.56 bits per heavy atom. The molecular weight excluding hydrogens is 316 g/mol. The molecule has 1 aromatic carbocycles. The zero-order valence-electron chi connectivity index (χ0n) is 15.1. The molecule has 0 spiro atoms. The van der Waals surface area contributed by atoms with Crippen molar-refractivity contribution >= 4 is 16.8 Å². The molecular formula is C19H22N4O2. The minimum absolute atomic E-state index is 0.162.